The molecule has 2 aromatic carbocycles. The molecule has 2 aromatic rings. The van der Waals surface area contributed by atoms with Crippen LogP contribution >= 0.6 is 11.6 Å². The van der Waals surface area contributed by atoms with E-state index >= 15 is 0 Å². The molecule has 6 atom stereocenters. The van der Waals surface area contributed by atoms with Crippen LogP contribution in [0.4, 0.5) is 10.1 Å². The van der Waals surface area contributed by atoms with Gasteiger partial charge in [0.2, 0.25) is 0 Å². The van der Waals surface area contributed by atoms with Gasteiger partial charge in [-0.15, -0.1) is 0 Å². The molecule has 3 heterocycles. The molecule has 0 radical (unpaired) electrons. The Morgan fingerprint density at radius 2 is 1.55 bits per heavy atom. The molecule has 3 aliphatic rings. The molecule has 0 spiro atoms. The van der Waals surface area contributed by atoms with Crippen LogP contribution in [0, 0.1) is 17.7 Å². The second kappa shape index (κ2) is 7.11. The van der Waals surface area contributed by atoms with E-state index in [2.05, 4.69) is 40.5 Å². The number of phenolic OH excluding ortho intramolecular Hbond substituents is 1. The third-order valence-electron chi connectivity index (χ3n) is 6.73. The number of para-hydroxylation sites is 1. The Labute approximate surface area is 174 Å². The average molecular weight is 418 g/mol. The van der Waals surface area contributed by atoms with Gasteiger partial charge in [0.25, 0.3) is 0 Å². The lowest BCUT2D eigenvalue weighted by molar-refractivity contribution is 0.168. The minimum absolute atomic E-state index is 0.0583. The van der Waals surface area contributed by atoms with E-state index in [0.29, 0.717) is 5.75 Å². The van der Waals surface area contributed by atoms with Crippen LogP contribution in [0.5, 0.6) is 5.75 Å². The van der Waals surface area contributed by atoms with Crippen molar-refractivity contribution >= 4 is 17.3 Å². The van der Waals surface area contributed by atoms with Gasteiger partial charge in [-0.1, -0.05) is 29.8 Å². The summed E-state index contributed by atoms with van der Waals surface area (Å²) in [5.74, 6) is 0.374. The van der Waals surface area contributed by atoms with Crippen molar-refractivity contribution < 1.29 is 9.50 Å². The van der Waals surface area contributed by atoms with Crippen molar-refractivity contribution in [2.24, 2.45) is 11.8 Å². The van der Waals surface area contributed by atoms with Crippen LogP contribution in [0.25, 0.3) is 0 Å². The summed E-state index contributed by atoms with van der Waals surface area (Å²) in [4.78, 5) is 2.24. The Balaban J connectivity index is 1.65. The van der Waals surface area contributed by atoms with E-state index in [-0.39, 0.29) is 47.2 Å². The molecule has 0 aromatic heterocycles. The molecule has 6 nitrogen and oxygen atoms in total. The topological polar surface area (TPSA) is 71.6 Å². The molecule has 3 fully saturated rings. The van der Waals surface area contributed by atoms with E-state index in [1.165, 1.54) is 6.07 Å². The minimum Gasteiger partial charge on any atom is -0.508 e. The Bertz CT molecular complexity index is 904. The molecule has 0 aliphatic carbocycles. The summed E-state index contributed by atoms with van der Waals surface area (Å²) in [5.41, 5.74) is 15.4. The molecule has 0 bridgehead atoms. The molecular formula is C21H25ClFN5O. The number of hydrogen-bond acceptors (Lipinski definition) is 6. The van der Waals surface area contributed by atoms with Crippen LogP contribution in [0.2, 0.25) is 5.02 Å². The number of fused-ring (bicyclic) bond motifs is 2. The Hall–Kier alpha value is -1.90. The van der Waals surface area contributed by atoms with Crippen molar-refractivity contribution in [2.75, 3.05) is 4.90 Å². The van der Waals surface area contributed by atoms with Crippen LogP contribution in [-0.4, -0.2) is 29.5 Å². The van der Waals surface area contributed by atoms with Gasteiger partial charge in [0.15, 0.2) is 0 Å². The van der Waals surface area contributed by atoms with Crippen LogP contribution in [0.1, 0.15) is 25.3 Å². The number of nitrogens with zero attached hydrogens (tertiary/aromatic N) is 1. The fraction of sp³-hybridized carbons (Fsp3) is 0.429. The number of hydrazine groups is 2. The molecule has 0 saturated carbocycles. The monoisotopic (exact) mass is 417 g/mol. The van der Waals surface area contributed by atoms with Crippen molar-refractivity contribution in [1.29, 1.82) is 0 Å². The highest BCUT2D eigenvalue weighted by Gasteiger charge is 2.57. The van der Waals surface area contributed by atoms with Gasteiger partial charge in [-0.25, -0.2) is 15.2 Å². The van der Waals surface area contributed by atoms with Crippen LogP contribution in [0.15, 0.2) is 42.5 Å². The fourth-order valence-electron chi connectivity index (χ4n) is 5.47. The van der Waals surface area contributed by atoms with Crippen LogP contribution < -0.4 is 26.6 Å². The van der Waals surface area contributed by atoms with Gasteiger partial charge in [0.05, 0.1) is 17.4 Å². The molecule has 3 saturated heterocycles. The number of nitrogens with one attached hydrogen (secondary N) is 4. The predicted octanol–water partition coefficient (Wildman–Crippen LogP) is 2.67. The zero-order valence-corrected chi connectivity index (χ0v) is 17.0. The Morgan fingerprint density at radius 1 is 0.931 bits per heavy atom. The molecule has 5 N–H and O–H groups in total. The second-order valence-electron chi connectivity index (χ2n) is 8.29. The quantitative estimate of drug-likeness (QED) is 0.517. The lowest BCUT2D eigenvalue weighted by Crippen LogP contribution is -2.64. The maximum Gasteiger partial charge on any atom is 0.141 e. The first kappa shape index (κ1) is 19.1. The van der Waals surface area contributed by atoms with Gasteiger partial charge >= 0.3 is 0 Å². The molecule has 29 heavy (non-hydrogen) atoms. The molecule has 6 unspecified atom stereocenters. The van der Waals surface area contributed by atoms with Crippen molar-refractivity contribution in [1.82, 2.24) is 21.7 Å². The lowest BCUT2D eigenvalue weighted by Gasteiger charge is -2.51. The van der Waals surface area contributed by atoms with Crippen LogP contribution in [-0.2, 0) is 0 Å². The highest BCUT2D eigenvalue weighted by molar-refractivity contribution is 6.31. The Kier molecular flexibility index (Phi) is 4.68. The number of piperidine rings is 1. The molecule has 0 amide bonds. The van der Waals surface area contributed by atoms with Crippen molar-refractivity contribution in [3.05, 3.63) is 58.9 Å². The lowest BCUT2D eigenvalue weighted by atomic mass is 9.67. The number of hydrogen-bond donors (Lipinski definition) is 5. The maximum atomic E-state index is 13.8. The third-order valence-corrected chi connectivity index (χ3v) is 7.02. The summed E-state index contributed by atoms with van der Waals surface area (Å²) in [6.45, 7) is 4.31. The molecule has 3 aliphatic heterocycles. The van der Waals surface area contributed by atoms with Gasteiger partial charge in [-0.3, -0.25) is 10.9 Å². The Morgan fingerprint density at radius 3 is 2.14 bits per heavy atom. The van der Waals surface area contributed by atoms with Crippen molar-refractivity contribution in [2.45, 2.75) is 44.2 Å². The van der Waals surface area contributed by atoms with Gasteiger partial charge in [0, 0.05) is 35.5 Å². The first-order valence-corrected chi connectivity index (χ1v) is 10.4. The molecule has 8 heteroatoms. The summed E-state index contributed by atoms with van der Waals surface area (Å²) < 4.78 is 13.8. The predicted molar refractivity (Wildman–Crippen MR) is 111 cm³/mol. The summed E-state index contributed by atoms with van der Waals surface area (Å²) in [6.07, 6.45) is -0.117. The first-order valence-electron chi connectivity index (χ1n) is 10.0. The molecular weight excluding hydrogens is 393 g/mol. The van der Waals surface area contributed by atoms with Crippen LogP contribution in [0.3, 0.4) is 0 Å². The number of benzene rings is 2. The van der Waals surface area contributed by atoms with E-state index in [1.807, 2.05) is 18.2 Å². The molecule has 5 rings (SSSR count). The number of rotatable bonds is 2. The van der Waals surface area contributed by atoms with Gasteiger partial charge in [-0.2, -0.15) is 0 Å². The largest absolute Gasteiger partial charge is 0.508 e. The summed E-state index contributed by atoms with van der Waals surface area (Å²) in [7, 11) is 0. The van der Waals surface area contributed by atoms with E-state index in [1.54, 1.807) is 18.2 Å². The second-order valence-corrected chi connectivity index (χ2v) is 8.70. The summed E-state index contributed by atoms with van der Waals surface area (Å²) >= 11 is 6.11. The smallest absolute Gasteiger partial charge is 0.141 e. The standard InChI is InChI=1S/C21H25ClFN5O/c1-10-17-19(13-5-3-4-6-16(13)29)18-11(2)25-27-21(18)28(20(17)26-24-10)12-7-8-15(23)14(22)9-12/h3-11,17-21,24-27,29H,1-2H3. The fourth-order valence-corrected chi connectivity index (χ4v) is 5.65. The number of aromatic hydroxyl groups is 1. The SMILES string of the molecule is CC1NNC2C1C(c1ccccc1O)C1C(C)NNC1N2c1ccc(F)c(Cl)c1. The number of halogens is 2. The van der Waals surface area contributed by atoms with Gasteiger partial charge in [-0.05, 0) is 43.7 Å². The zero-order valence-electron chi connectivity index (χ0n) is 16.2. The number of anilines is 1. The highest BCUT2D eigenvalue weighted by Crippen LogP contribution is 2.51. The van der Waals surface area contributed by atoms with E-state index in [0.717, 1.165) is 11.3 Å². The maximum absolute atomic E-state index is 13.8. The minimum atomic E-state index is -0.427. The molecule has 154 valence electrons. The first-order chi connectivity index (χ1) is 14.0. The van der Waals surface area contributed by atoms with E-state index in [4.69, 9.17) is 11.6 Å². The van der Waals surface area contributed by atoms with Gasteiger partial charge < -0.3 is 10.0 Å². The summed E-state index contributed by atoms with van der Waals surface area (Å²) in [6, 6.07) is 12.8. The van der Waals surface area contributed by atoms with E-state index < -0.39 is 5.82 Å². The highest BCUT2D eigenvalue weighted by atomic mass is 35.5. The average Bonchev–Trinajstić information content (AvgIpc) is 3.27. The van der Waals surface area contributed by atoms with Crippen molar-refractivity contribution in [3.8, 4) is 5.75 Å². The van der Waals surface area contributed by atoms with Crippen molar-refractivity contribution in [3.63, 3.8) is 0 Å². The zero-order chi connectivity index (χ0) is 20.3. The van der Waals surface area contributed by atoms with E-state index in [9.17, 15) is 9.50 Å². The summed E-state index contributed by atoms with van der Waals surface area (Å²) in [5, 5.41) is 10.8. The van der Waals surface area contributed by atoms with Gasteiger partial charge in [0.1, 0.15) is 11.6 Å². The normalized spacial score (nSPS) is 36.1. The third kappa shape index (κ3) is 2.92. The number of phenols is 1.